The van der Waals surface area contributed by atoms with Crippen molar-refractivity contribution >= 4 is 80.9 Å². The van der Waals surface area contributed by atoms with E-state index in [2.05, 4.69) is 14.2 Å². The third-order valence-electron chi connectivity index (χ3n) is 20.1. The molecule has 9 aromatic carbocycles. The molecule has 0 saturated carbocycles. The molecule has 0 aliphatic carbocycles. The van der Waals surface area contributed by atoms with Crippen molar-refractivity contribution in [2.24, 2.45) is 0 Å². The summed E-state index contributed by atoms with van der Waals surface area (Å²) in [6.07, 6.45) is -4.54. The summed E-state index contributed by atoms with van der Waals surface area (Å²) in [5, 5.41) is -14.5. The molecule has 0 aromatic heterocycles. The first-order valence-electron chi connectivity index (χ1n) is 38.3. The van der Waals surface area contributed by atoms with Crippen molar-refractivity contribution in [3.8, 4) is 0 Å². The molecule has 0 bridgehead atoms. The predicted molar refractivity (Wildman–Crippen MR) is 429 cm³/mol. The normalized spacial score (nSPS) is 19.3. The smallest absolute Gasteiger partial charge is 0.376 e. The summed E-state index contributed by atoms with van der Waals surface area (Å²) < 4.78 is 365. The zero-order valence-corrected chi connectivity index (χ0v) is 73.1. The van der Waals surface area contributed by atoms with Gasteiger partial charge in [0.1, 0.15) is 26.4 Å². The van der Waals surface area contributed by atoms with Crippen LogP contribution in [0.3, 0.4) is 0 Å². The summed E-state index contributed by atoms with van der Waals surface area (Å²) in [5.74, 6) is -33.7. The highest BCUT2D eigenvalue weighted by atomic mass is 32.2. The quantitative estimate of drug-likeness (QED) is 0.0178. The number of benzene rings is 9. The van der Waals surface area contributed by atoms with E-state index in [9.17, 15) is 124 Å². The van der Waals surface area contributed by atoms with Crippen molar-refractivity contribution < 1.29 is 166 Å². The standard InChI is InChI=1S/C29H24F8O7S2.C29H30F2O7S2.C28H24F6O7S2/c1-18(28(34,35)46(39,40)41)44-24(38)19-8-12-22(13-9-19)45(21-6-4-3-5-7-21)23-14-10-20(11-15-23)25(2)42-16-26(30,31)29(36,37)27(32,33)17-43-25;1-21(29(30,31)40(33,34)35)38-27(32)22-11-15-25(16-12-22)39(24-9-5-3-6-10-24)26-17-13-23(14-18-26)28(2)36-19-7-4-8-20-37-28;1-18(28(33,34)43(36,37)38)41-24(35)19-8-12-22(13-9-19)42(21-6-4-3-5-7-21)23-14-10-20(11-15-23)25(2)39-16-26(29,30)27(31,32)17-40-25/h3-15,18H,16-17H2,1-2H3;3,5-6,9-18,21H,4,7-8,19-20H2,1-2H3;3-15,18H,16-17H2,1-2H3. The molecule has 3 saturated heterocycles. The van der Waals surface area contributed by atoms with E-state index >= 15 is 0 Å². The van der Waals surface area contributed by atoms with Gasteiger partial charge in [-0.15, -0.1) is 0 Å². The van der Waals surface area contributed by atoms with Crippen LogP contribution in [0.2, 0.25) is 0 Å². The SMILES string of the molecule is CC(OC(=O)c1ccc([S+](c2ccccc2)c2ccc(C3(C)OCC(F)(F)C(F)(F)C(F)(F)CO3)cc2)cc1)C(F)(F)S(=O)(=O)[O-].CC(OC(=O)c1ccc([S+](c2ccccc2)c2ccc(C3(C)OCC(F)(F)C(F)(F)CO3)cc2)cc1)C(F)(F)S(=O)(=O)[O-].CC(OC(=O)c1ccc([S+](c2ccccc2)c2ccc(C3(C)OCCCCCO3)cc2)cc1)C(F)(F)S(=O)(=O)[O-]. The molecule has 21 nitrogen and oxygen atoms in total. The second-order valence-electron chi connectivity index (χ2n) is 29.3. The van der Waals surface area contributed by atoms with E-state index in [1.54, 1.807) is 72.8 Å². The van der Waals surface area contributed by atoms with Crippen LogP contribution in [-0.2, 0) is 123 Å². The molecule has 12 rings (SSSR count). The summed E-state index contributed by atoms with van der Waals surface area (Å²) in [5.41, 5.74) is 0.587. The second kappa shape index (κ2) is 39.7. The van der Waals surface area contributed by atoms with Gasteiger partial charge in [0, 0.05) is 16.7 Å². The van der Waals surface area contributed by atoms with Gasteiger partial charge in [0.05, 0.1) is 62.6 Å². The first kappa shape index (κ1) is 102. The Morgan fingerprint density at radius 3 is 0.721 bits per heavy atom. The molecule has 9 aromatic rings. The number of carbonyl (C=O) groups is 3. The molecule has 3 aliphatic rings. The van der Waals surface area contributed by atoms with E-state index in [-0.39, 0.29) is 27.8 Å². The highest BCUT2D eigenvalue weighted by molar-refractivity contribution is 7.97. The minimum absolute atomic E-state index is 0.0335. The molecule has 696 valence electrons. The Hall–Kier alpha value is -9.19. The highest BCUT2D eigenvalue weighted by Crippen LogP contribution is 2.51. The fourth-order valence-corrected chi connectivity index (χ4v) is 19.9. The van der Waals surface area contributed by atoms with E-state index in [0.717, 1.165) is 56.2 Å². The van der Waals surface area contributed by atoms with E-state index in [0.29, 0.717) is 53.6 Å². The van der Waals surface area contributed by atoms with Crippen LogP contribution in [0.4, 0.5) is 70.2 Å². The number of hydrogen-bond acceptors (Lipinski definition) is 21. The largest absolute Gasteiger partial charge is 0.743 e. The fraction of sp³-hybridized carbons (Fsp3) is 0.337. The predicted octanol–water partition coefficient (Wildman–Crippen LogP) is 18.4. The first-order valence-corrected chi connectivity index (χ1v) is 46.2. The van der Waals surface area contributed by atoms with Gasteiger partial charge in [0.25, 0.3) is 0 Å². The Morgan fingerprint density at radius 2 is 0.504 bits per heavy atom. The fourth-order valence-electron chi connectivity index (χ4n) is 12.4. The lowest BCUT2D eigenvalue weighted by atomic mass is 10.0. The van der Waals surface area contributed by atoms with Crippen LogP contribution < -0.4 is 0 Å². The number of alkyl halides is 16. The summed E-state index contributed by atoms with van der Waals surface area (Å²) in [6.45, 7) is 0.0344. The van der Waals surface area contributed by atoms with Gasteiger partial charge in [-0.3, -0.25) is 0 Å². The Bertz CT molecular complexity index is 5670. The average molecular weight is 1940 g/mol. The summed E-state index contributed by atoms with van der Waals surface area (Å²) in [7, 11) is -20.6. The van der Waals surface area contributed by atoms with Gasteiger partial charge < -0.3 is 56.3 Å². The maximum Gasteiger partial charge on any atom is 0.376 e. The van der Waals surface area contributed by atoms with Gasteiger partial charge in [0.2, 0.25) is 0 Å². The Balaban J connectivity index is 0.000000202. The molecule has 6 unspecified atom stereocenters. The van der Waals surface area contributed by atoms with Crippen LogP contribution in [0.25, 0.3) is 0 Å². The third kappa shape index (κ3) is 23.1. The lowest BCUT2D eigenvalue weighted by molar-refractivity contribution is -0.387. The van der Waals surface area contributed by atoms with E-state index in [1.807, 2.05) is 73.7 Å². The van der Waals surface area contributed by atoms with Crippen molar-refractivity contribution in [2.75, 3.05) is 39.6 Å². The maximum atomic E-state index is 14.1. The Labute approximate surface area is 738 Å². The van der Waals surface area contributed by atoms with Crippen molar-refractivity contribution in [3.63, 3.8) is 0 Å². The Kier molecular flexibility index (Phi) is 31.4. The van der Waals surface area contributed by atoms with Gasteiger partial charge >= 0.3 is 63.3 Å². The summed E-state index contributed by atoms with van der Waals surface area (Å²) >= 11 is 0. The number of ether oxygens (including phenoxy) is 9. The Morgan fingerprint density at radius 1 is 0.310 bits per heavy atom. The topological polar surface area (TPSA) is 306 Å². The molecule has 3 heterocycles. The molecular weight excluding hydrogens is 1870 g/mol. The maximum absolute atomic E-state index is 14.1. The van der Waals surface area contributed by atoms with E-state index in [4.69, 9.17) is 28.4 Å². The summed E-state index contributed by atoms with van der Waals surface area (Å²) in [6, 6.07) is 64.6. The van der Waals surface area contributed by atoms with Crippen LogP contribution in [0.5, 0.6) is 0 Å². The molecule has 0 N–H and O–H groups in total. The molecule has 3 fully saturated rings. The number of halogens is 16. The van der Waals surface area contributed by atoms with Gasteiger partial charge in [-0.1, -0.05) is 54.6 Å². The highest BCUT2D eigenvalue weighted by Gasteiger charge is 2.73. The average Bonchev–Trinajstić information content (AvgIpc) is 1.34. The molecule has 129 heavy (non-hydrogen) atoms. The van der Waals surface area contributed by atoms with Crippen molar-refractivity contribution in [2.45, 2.75) is 186 Å². The second-order valence-corrected chi connectivity index (χ2v) is 39.8. The molecule has 43 heteroatoms. The molecule has 0 amide bonds. The number of rotatable bonds is 24. The minimum Gasteiger partial charge on any atom is -0.743 e. The van der Waals surface area contributed by atoms with E-state index < -0.39 is 188 Å². The zero-order valence-electron chi connectivity index (χ0n) is 68.2. The molecule has 6 atom stereocenters. The van der Waals surface area contributed by atoms with Crippen molar-refractivity contribution in [1.29, 1.82) is 0 Å². The number of hydrogen-bond donors (Lipinski definition) is 0. The monoisotopic (exact) mass is 1940 g/mol. The number of esters is 3. The van der Waals surface area contributed by atoms with Crippen LogP contribution >= 0.6 is 0 Å². The number of carbonyl (C=O) groups excluding carboxylic acids is 3. The van der Waals surface area contributed by atoms with Gasteiger partial charge in [0.15, 0.2) is 110 Å². The van der Waals surface area contributed by atoms with Gasteiger partial charge in [-0.25, -0.2) is 39.6 Å². The molecule has 0 radical (unpaired) electrons. The molecule has 3 aliphatic heterocycles. The lowest BCUT2D eigenvalue weighted by Crippen LogP contribution is -2.61. The lowest BCUT2D eigenvalue weighted by Gasteiger charge is -2.40. The van der Waals surface area contributed by atoms with Crippen LogP contribution in [0, 0.1) is 0 Å². The first-order chi connectivity index (χ1) is 59.9. The summed E-state index contributed by atoms with van der Waals surface area (Å²) in [4.78, 5) is 44.1. The molecule has 0 spiro atoms. The van der Waals surface area contributed by atoms with Crippen molar-refractivity contribution in [3.05, 3.63) is 270 Å². The van der Waals surface area contributed by atoms with Crippen molar-refractivity contribution in [1.82, 2.24) is 0 Å². The van der Waals surface area contributed by atoms with E-state index in [1.165, 1.54) is 104 Å². The zero-order chi connectivity index (χ0) is 95.2. The van der Waals surface area contributed by atoms with Crippen LogP contribution in [-0.4, -0.2) is 160 Å². The molecular formula is C86H78F16O21S6. The van der Waals surface area contributed by atoms with Gasteiger partial charge in [-0.05, 0) is 243 Å². The van der Waals surface area contributed by atoms with Gasteiger partial charge in [-0.2, -0.15) is 70.2 Å². The third-order valence-corrected chi connectivity index (χ3v) is 29.8. The van der Waals surface area contributed by atoms with Crippen LogP contribution in [0.15, 0.2) is 281 Å². The minimum atomic E-state index is -6.11. The van der Waals surface area contributed by atoms with Crippen LogP contribution in [0.1, 0.15) is 109 Å².